The molecule has 1 amide bonds. The molecule has 0 aliphatic carbocycles. The highest BCUT2D eigenvalue weighted by Gasteiger charge is 2.18. The van der Waals surface area contributed by atoms with Gasteiger partial charge in [0.2, 0.25) is 5.91 Å². The van der Waals surface area contributed by atoms with E-state index in [1.165, 1.54) is 16.2 Å². The van der Waals surface area contributed by atoms with Crippen LogP contribution in [0.5, 0.6) is 0 Å². The molecule has 0 spiro atoms. The summed E-state index contributed by atoms with van der Waals surface area (Å²) in [6.45, 7) is 4.56. The highest BCUT2D eigenvalue weighted by Crippen LogP contribution is 2.30. The molecule has 28 heavy (non-hydrogen) atoms. The van der Waals surface area contributed by atoms with Crippen LogP contribution in [0, 0.1) is 13.8 Å². The highest BCUT2D eigenvalue weighted by atomic mass is 35.5. The first-order valence-corrected chi connectivity index (χ1v) is 10.9. The van der Waals surface area contributed by atoms with Crippen molar-refractivity contribution < 1.29 is 4.79 Å². The van der Waals surface area contributed by atoms with Crippen molar-refractivity contribution in [3.63, 3.8) is 0 Å². The Labute approximate surface area is 176 Å². The maximum absolute atomic E-state index is 12.7. The van der Waals surface area contributed by atoms with E-state index in [2.05, 4.69) is 27.5 Å². The topological polar surface area (TPSA) is 50.5 Å². The molecule has 8 heteroatoms. The predicted octanol–water partition coefficient (Wildman–Crippen LogP) is 4.99. The lowest BCUT2D eigenvalue weighted by atomic mass is 10.2. The Hall–Kier alpha value is -2.22. The summed E-state index contributed by atoms with van der Waals surface area (Å²) in [5.74, 6) is 0.0253. The molecular formula is C20H19ClN4OS2. The third-order valence-electron chi connectivity index (χ3n) is 4.54. The van der Waals surface area contributed by atoms with Crippen LogP contribution < -0.4 is 0 Å². The van der Waals surface area contributed by atoms with Gasteiger partial charge in [0.05, 0.1) is 35.1 Å². The number of amides is 1. The molecule has 0 atom stereocenters. The average molecular weight is 431 g/mol. The van der Waals surface area contributed by atoms with Crippen LogP contribution in [0.25, 0.3) is 15.5 Å². The van der Waals surface area contributed by atoms with E-state index in [1.54, 1.807) is 16.2 Å². The van der Waals surface area contributed by atoms with E-state index in [-0.39, 0.29) is 12.3 Å². The van der Waals surface area contributed by atoms with Gasteiger partial charge in [0.15, 0.2) is 4.96 Å². The molecule has 4 rings (SSSR count). The molecule has 1 aromatic carbocycles. The van der Waals surface area contributed by atoms with Crippen LogP contribution in [0.2, 0.25) is 5.02 Å². The van der Waals surface area contributed by atoms with Crippen LogP contribution in [0.3, 0.4) is 0 Å². The summed E-state index contributed by atoms with van der Waals surface area (Å²) < 4.78 is 2.08. The molecule has 0 aliphatic rings. The van der Waals surface area contributed by atoms with Gasteiger partial charge in [0.25, 0.3) is 0 Å². The minimum Gasteiger partial charge on any atom is -0.340 e. The van der Waals surface area contributed by atoms with Crippen molar-refractivity contribution in [1.82, 2.24) is 19.3 Å². The molecule has 0 saturated heterocycles. The molecule has 0 saturated carbocycles. The summed E-state index contributed by atoms with van der Waals surface area (Å²) >= 11 is 9.41. The quantitative estimate of drug-likeness (QED) is 0.448. The van der Waals surface area contributed by atoms with E-state index in [0.717, 1.165) is 32.6 Å². The largest absolute Gasteiger partial charge is 0.340 e. The Morgan fingerprint density at radius 2 is 2.04 bits per heavy atom. The first-order chi connectivity index (χ1) is 13.4. The fourth-order valence-electron chi connectivity index (χ4n) is 3.05. The van der Waals surface area contributed by atoms with Gasteiger partial charge in [-0.2, -0.15) is 0 Å². The van der Waals surface area contributed by atoms with Gasteiger partial charge in [-0.05, 0) is 19.9 Å². The molecule has 0 unspecified atom stereocenters. The number of aryl methyl sites for hydroxylation is 2. The summed E-state index contributed by atoms with van der Waals surface area (Å²) in [6.07, 6.45) is 2.34. The standard InChI is InChI=1S/C20H19ClN4OS2/c1-12-9-25-17(13(2)22-20(25)28-12)10-24(3)18(26)8-14-11-27-19(23-14)15-6-4-5-7-16(15)21/h4-7,9,11H,8,10H2,1-3H3. The smallest absolute Gasteiger partial charge is 0.228 e. The second-order valence-electron chi connectivity index (χ2n) is 6.69. The maximum atomic E-state index is 12.7. The molecule has 3 heterocycles. The number of fused-ring (bicyclic) bond motifs is 1. The molecule has 0 fully saturated rings. The van der Waals surface area contributed by atoms with Crippen LogP contribution in [-0.4, -0.2) is 32.2 Å². The molecule has 0 bridgehead atoms. The number of carbonyl (C=O) groups excluding carboxylic acids is 1. The van der Waals surface area contributed by atoms with Crippen LogP contribution >= 0.6 is 34.3 Å². The fourth-order valence-corrected chi connectivity index (χ4v) is 5.08. The van der Waals surface area contributed by atoms with Gasteiger partial charge in [0, 0.05) is 29.1 Å². The number of thiazole rings is 2. The number of imidazole rings is 1. The van der Waals surface area contributed by atoms with E-state index >= 15 is 0 Å². The Morgan fingerprint density at radius 1 is 1.25 bits per heavy atom. The normalized spacial score (nSPS) is 11.3. The zero-order valence-corrected chi connectivity index (χ0v) is 18.2. The molecule has 3 aromatic heterocycles. The van der Waals surface area contributed by atoms with Gasteiger partial charge < -0.3 is 4.90 Å². The Kier molecular flexibility index (Phi) is 5.23. The second-order valence-corrected chi connectivity index (χ2v) is 9.17. The molecule has 4 aromatic rings. The van der Waals surface area contributed by atoms with E-state index in [4.69, 9.17) is 11.6 Å². The van der Waals surface area contributed by atoms with E-state index in [1.807, 2.05) is 43.6 Å². The number of hydrogen-bond donors (Lipinski definition) is 0. The van der Waals surface area contributed by atoms with Crippen molar-refractivity contribution in [3.8, 4) is 10.6 Å². The fraction of sp³-hybridized carbons (Fsp3) is 0.250. The lowest BCUT2D eigenvalue weighted by molar-refractivity contribution is -0.129. The average Bonchev–Trinajstić information content (AvgIpc) is 3.32. The lowest BCUT2D eigenvalue weighted by Crippen LogP contribution is -2.28. The number of nitrogens with zero attached hydrogens (tertiary/aromatic N) is 4. The van der Waals surface area contributed by atoms with Gasteiger partial charge in [0.1, 0.15) is 5.01 Å². The summed E-state index contributed by atoms with van der Waals surface area (Å²) in [7, 11) is 1.82. The van der Waals surface area contributed by atoms with Gasteiger partial charge in [-0.3, -0.25) is 9.20 Å². The zero-order valence-electron chi connectivity index (χ0n) is 15.8. The van der Waals surface area contributed by atoms with Crippen molar-refractivity contribution in [2.45, 2.75) is 26.8 Å². The molecule has 0 aliphatic heterocycles. The number of halogens is 1. The van der Waals surface area contributed by atoms with Crippen molar-refractivity contribution in [2.75, 3.05) is 7.05 Å². The van der Waals surface area contributed by atoms with Crippen LogP contribution in [-0.2, 0) is 17.8 Å². The van der Waals surface area contributed by atoms with Crippen molar-refractivity contribution in [1.29, 1.82) is 0 Å². The van der Waals surface area contributed by atoms with Crippen molar-refractivity contribution >= 4 is 45.1 Å². The Balaban J connectivity index is 1.48. The predicted molar refractivity (Wildman–Crippen MR) is 115 cm³/mol. The van der Waals surface area contributed by atoms with E-state index in [0.29, 0.717) is 11.6 Å². The van der Waals surface area contributed by atoms with Crippen molar-refractivity contribution in [3.05, 3.63) is 62.8 Å². The van der Waals surface area contributed by atoms with Crippen LogP contribution in [0.4, 0.5) is 0 Å². The monoisotopic (exact) mass is 430 g/mol. The molecule has 5 nitrogen and oxygen atoms in total. The van der Waals surface area contributed by atoms with Gasteiger partial charge in [-0.1, -0.05) is 29.8 Å². The summed E-state index contributed by atoms with van der Waals surface area (Å²) in [5, 5.41) is 3.42. The first-order valence-electron chi connectivity index (χ1n) is 8.79. The Bertz CT molecular complexity index is 1160. The Morgan fingerprint density at radius 3 is 2.82 bits per heavy atom. The minimum atomic E-state index is 0.0253. The number of benzene rings is 1. The van der Waals surface area contributed by atoms with Gasteiger partial charge >= 0.3 is 0 Å². The van der Waals surface area contributed by atoms with Crippen LogP contribution in [0.15, 0.2) is 35.8 Å². The van der Waals surface area contributed by atoms with Crippen molar-refractivity contribution in [2.24, 2.45) is 0 Å². The van der Waals surface area contributed by atoms with Crippen LogP contribution in [0.1, 0.15) is 22.0 Å². The summed E-state index contributed by atoms with van der Waals surface area (Å²) in [4.78, 5) is 25.8. The number of hydrogen-bond acceptors (Lipinski definition) is 5. The molecule has 0 N–H and O–H groups in total. The zero-order chi connectivity index (χ0) is 19.8. The lowest BCUT2D eigenvalue weighted by Gasteiger charge is -2.16. The number of likely N-dealkylation sites (N-methyl/N-ethyl adjacent to an activating group) is 1. The third kappa shape index (κ3) is 3.70. The third-order valence-corrected chi connectivity index (χ3v) is 6.69. The molecule has 144 valence electrons. The maximum Gasteiger partial charge on any atom is 0.228 e. The van der Waals surface area contributed by atoms with E-state index in [9.17, 15) is 4.79 Å². The summed E-state index contributed by atoms with van der Waals surface area (Å²) in [5.41, 5.74) is 3.66. The van der Waals surface area contributed by atoms with Gasteiger partial charge in [-0.15, -0.1) is 22.7 Å². The minimum absolute atomic E-state index is 0.0253. The second kappa shape index (κ2) is 7.66. The number of rotatable bonds is 5. The first kappa shape index (κ1) is 19.1. The van der Waals surface area contributed by atoms with E-state index < -0.39 is 0 Å². The highest BCUT2D eigenvalue weighted by molar-refractivity contribution is 7.17. The molecule has 0 radical (unpaired) electrons. The number of carbonyl (C=O) groups is 1. The van der Waals surface area contributed by atoms with Gasteiger partial charge in [-0.25, -0.2) is 9.97 Å². The summed E-state index contributed by atoms with van der Waals surface area (Å²) in [6, 6.07) is 7.61. The SMILES string of the molecule is Cc1cn2c(CN(C)C(=O)Cc3csc(-c4ccccc4Cl)n3)c(C)nc2s1. The number of aromatic nitrogens is 3. The molecular weight excluding hydrogens is 412 g/mol.